The Labute approximate surface area is 184 Å². The Kier molecular flexibility index (Phi) is 6.15. The van der Waals surface area contributed by atoms with E-state index in [1.165, 1.54) is 27.6 Å². The molecule has 0 saturated heterocycles. The lowest BCUT2D eigenvalue weighted by atomic mass is 10.1. The van der Waals surface area contributed by atoms with Gasteiger partial charge in [-0.3, -0.25) is 0 Å². The number of benzene rings is 3. The van der Waals surface area contributed by atoms with E-state index < -0.39 is 0 Å². The van der Waals surface area contributed by atoms with Crippen molar-refractivity contribution in [2.24, 2.45) is 7.05 Å². The van der Waals surface area contributed by atoms with E-state index in [0.717, 1.165) is 30.3 Å². The molecular weight excluding hydrogens is 386 g/mol. The van der Waals surface area contributed by atoms with Crippen molar-refractivity contribution in [2.75, 3.05) is 5.32 Å². The molecule has 4 aromatic rings. The molecule has 0 unspecified atom stereocenters. The highest BCUT2D eigenvalue weighted by atomic mass is 32.1. The van der Waals surface area contributed by atoms with E-state index in [0.29, 0.717) is 0 Å². The minimum Gasteiger partial charge on any atom is -0.350 e. The maximum atomic E-state index is 5.87. The number of hydrogen-bond acceptors (Lipinski definition) is 1. The van der Waals surface area contributed by atoms with Gasteiger partial charge in [-0.2, -0.15) is 0 Å². The maximum absolute atomic E-state index is 5.87. The standard InChI is InChI=1S/C26H27N3S/c1-3-20-12-9-13-23(16-20)27-26(30)29(17-21-10-5-4-6-11-21)19-22-18-28(2)25-15-8-7-14-24(22)25/h4-16,18H,3,17,19H2,1-2H3,(H,27,30). The van der Waals surface area contributed by atoms with Crippen LogP contribution in [0.25, 0.3) is 10.9 Å². The van der Waals surface area contributed by atoms with Gasteiger partial charge in [-0.25, -0.2) is 0 Å². The van der Waals surface area contributed by atoms with Crippen LogP contribution in [-0.2, 0) is 26.6 Å². The van der Waals surface area contributed by atoms with E-state index in [1.54, 1.807) is 0 Å². The van der Waals surface area contributed by atoms with Gasteiger partial charge in [0.1, 0.15) is 0 Å². The summed E-state index contributed by atoms with van der Waals surface area (Å²) >= 11 is 5.87. The fourth-order valence-electron chi connectivity index (χ4n) is 3.83. The predicted molar refractivity (Wildman–Crippen MR) is 131 cm³/mol. The average Bonchev–Trinajstić information content (AvgIpc) is 3.09. The van der Waals surface area contributed by atoms with Crippen molar-refractivity contribution in [3.8, 4) is 0 Å². The van der Waals surface area contributed by atoms with E-state index in [1.807, 2.05) is 6.07 Å². The molecule has 0 fully saturated rings. The molecule has 0 spiro atoms. The first kappa shape index (κ1) is 20.2. The Morgan fingerprint density at radius 2 is 1.63 bits per heavy atom. The summed E-state index contributed by atoms with van der Waals surface area (Å²) in [4.78, 5) is 2.24. The van der Waals surface area contributed by atoms with Crippen LogP contribution in [0.3, 0.4) is 0 Å². The first-order valence-electron chi connectivity index (χ1n) is 10.4. The molecule has 1 aromatic heterocycles. The van der Waals surface area contributed by atoms with Crippen molar-refractivity contribution in [2.45, 2.75) is 26.4 Å². The molecule has 4 rings (SSSR count). The molecular formula is C26H27N3S. The van der Waals surface area contributed by atoms with Crippen molar-refractivity contribution in [1.82, 2.24) is 9.47 Å². The van der Waals surface area contributed by atoms with Gasteiger partial charge in [0.05, 0.1) is 0 Å². The Morgan fingerprint density at radius 1 is 0.900 bits per heavy atom. The first-order chi connectivity index (χ1) is 14.6. The fraction of sp³-hybridized carbons (Fsp3) is 0.192. The van der Waals surface area contributed by atoms with Crippen molar-refractivity contribution >= 4 is 33.9 Å². The van der Waals surface area contributed by atoms with Crippen LogP contribution in [0.1, 0.15) is 23.6 Å². The number of nitrogens with one attached hydrogen (secondary N) is 1. The quantitative estimate of drug-likeness (QED) is 0.383. The zero-order valence-electron chi connectivity index (χ0n) is 17.5. The highest BCUT2D eigenvalue weighted by Gasteiger charge is 2.15. The molecule has 0 aliphatic carbocycles. The third-order valence-corrected chi connectivity index (χ3v) is 5.79. The molecule has 0 saturated carbocycles. The summed E-state index contributed by atoms with van der Waals surface area (Å²) in [5.74, 6) is 0. The summed E-state index contributed by atoms with van der Waals surface area (Å²) in [7, 11) is 2.10. The predicted octanol–water partition coefficient (Wildman–Crippen LogP) is 6.14. The van der Waals surface area contributed by atoms with Crippen molar-refractivity contribution in [3.63, 3.8) is 0 Å². The third kappa shape index (κ3) is 4.55. The largest absolute Gasteiger partial charge is 0.350 e. The molecule has 1 heterocycles. The summed E-state index contributed by atoms with van der Waals surface area (Å²) in [6, 6.07) is 27.5. The summed E-state index contributed by atoms with van der Waals surface area (Å²) in [6.07, 6.45) is 3.22. The number of fused-ring (bicyclic) bond motifs is 1. The summed E-state index contributed by atoms with van der Waals surface area (Å²) in [5, 5.41) is 5.47. The van der Waals surface area contributed by atoms with Gasteiger partial charge >= 0.3 is 0 Å². The SMILES string of the molecule is CCc1cccc(NC(=S)N(Cc2ccccc2)Cc2cn(C)c3ccccc23)c1. The summed E-state index contributed by atoms with van der Waals surface area (Å²) < 4.78 is 2.19. The second kappa shape index (κ2) is 9.14. The van der Waals surface area contributed by atoms with E-state index in [-0.39, 0.29) is 0 Å². The van der Waals surface area contributed by atoms with E-state index in [2.05, 4.69) is 108 Å². The number of rotatable bonds is 6. The van der Waals surface area contributed by atoms with Gasteiger partial charge in [0.15, 0.2) is 5.11 Å². The van der Waals surface area contributed by atoms with E-state index in [9.17, 15) is 0 Å². The highest BCUT2D eigenvalue weighted by molar-refractivity contribution is 7.80. The van der Waals surface area contributed by atoms with Crippen LogP contribution >= 0.6 is 12.2 Å². The van der Waals surface area contributed by atoms with Crippen LogP contribution in [-0.4, -0.2) is 14.6 Å². The topological polar surface area (TPSA) is 20.2 Å². The highest BCUT2D eigenvalue weighted by Crippen LogP contribution is 2.23. The molecule has 3 aromatic carbocycles. The van der Waals surface area contributed by atoms with E-state index in [4.69, 9.17) is 12.2 Å². The van der Waals surface area contributed by atoms with Crippen LogP contribution in [0.2, 0.25) is 0 Å². The Morgan fingerprint density at radius 3 is 2.43 bits per heavy atom. The van der Waals surface area contributed by atoms with Gasteiger partial charge in [-0.1, -0.05) is 67.6 Å². The fourth-order valence-corrected chi connectivity index (χ4v) is 4.08. The number of para-hydroxylation sites is 1. The number of aryl methyl sites for hydroxylation is 2. The minimum absolute atomic E-state index is 0.736. The molecule has 0 aliphatic rings. The maximum Gasteiger partial charge on any atom is 0.174 e. The molecule has 4 heteroatoms. The van der Waals surface area contributed by atoms with Crippen molar-refractivity contribution in [1.29, 1.82) is 0 Å². The molecule has 0 amide bonds. The molecule has 0 atom stereocenters. The third-order valence-electron chi connectivity index (χ3n) is 5.43. The molecule has 152 valence electrons. The molecule has 3 nitrogen and oxygen atoms in total. The van der Waals surface area contributed by atoms with Crippen LogP contribution in [0.5, 0.6) is 0 Å². The van der Waals surface area contributed by atoms with Gasteiger partial charge in [-0.15, -0.1) is 0 Å². The molecule has 1 N–H and O–H groups in total. The van der Waals surface area contributed by atoms with Gasteiger partial charge in [0.2, 0.25) is 0 Å². The molecule has 0 bridgehead atoms. The van der Waals surface area contributed by atoms with Gasteiger partial charge in [-0.05, 0) is 53.5 Å². The van der Waals surface area contributed by atoms with Crippen LogP contribution in [0.15, 0.2) is 85.1 Å². The molecule has 0 aliphatic heterocycles. The van der Waals surface area contributed by atoms with Crippen molar-refractivity contribution in [3.05, 3.63) is 102 Å². The Hall–Kier alpha value is -3.11. The summed E-state index contributed by atoms with van der Waals surface area (Å²) in [5.41, 5.74) is 6.09. The monoisotopic (exact) mass is 413 g/mol. The zero-order valence-corrected chi connectivity index (χ0v) is 18.3. The number of aromatic nitrogens is 1. The molecule has 0 radical (unpaired) electrons. The van der Waals surface area contributed by atoms with Crippen LogP contribution in [0.4, 0.5) is 5.69 Å². The smallest absolute Gasteiger partial charge is 0.174 e. The van der Waals surface area contributed by atoms with Crippen molar-refractivity contribution < 1.29 is 0 Å². The minimum atomic E-state index is 0.736. The Bertz CT molecular complexity index is 1150. The summed E-state index contributed by atoms with van der Waals surface area (Å²) in [6.45, 7) is 3.67. The van der Waals surface area contributed by atoms with Gasteiger partial charge < -0.3 is 14.8 Å². The van der Waals surface area contributed by atoms with E-state index >= 15 is 0 Å². The lowest BCUT2D eigenvalue weighted by molar-refractivity contribution is 0.414. The Balaban J connectivity index is 1.62. The number of anilines is 1. The zero-order chi connectivity index (χ0) is 20.9. The number of hydrogen-bond donors (Lipinski definition) is 1. The number of thiocarbonyl (C=S) groups is 1. The normalized spacial score (nSPS) is 10.9. The van der Waals surface area contributed by atoms with Gasteiger partial charge in [0.25, 0.3) is 0 Å². The van der Waals surface area contributed by atoms with Crippen LogP contribution in [0, 0.1) is 0 Å². The first-order valence-corrected chi connectivity index (χ1v) is 10.8. The number of nitrogens with zero attached hydrogens (tertiary/aromatic N) is 2. The van der Waals surface area contributed by atoms with Gasteiger partial charge in [0, 0.05) is 42.9 Å². The van der Waals surface area contributed by atoms with Crippen LogP contribution < -0.4 is 5.32 Å². The second-order valence-corrected chi connectivity index (χ2v) is 7.99. The average molecular weight is 414 g/mol. The lowest BCUT2D eigenvalue weighted by Crippen LogP contribution is -2.33. The molecule has 30 heavy (non-hydrogen) atoms. The lowest BCUT2D eigenvalue weighted by Gasteiger charge is -2.26. The second-order valence-electron chi connectivity index (χ2n) is 7.61.